The number of nitrogens with zero attached hydrogens (tertiary/aromatic N) is 2. The summed E-state index contributed by atoms with van der Waals surface area (Å²) >= 11 is 3.33. The molecule has 3 N–H and O–H groups in total. The van der Waals surface area contributed by atoms with Gasteiger partial charge in [-0.3, -0.25) is 9.36 Å². The molecule has 2 aromatic heterocycles. The summed E-state index contributed by atoms with van der Waals surface area (Å²) in [6.45, 7) is 3.50. The lowest BCUT2D eigenvalue weighted by Crippen LogP contribution is -2.22. The average Bonchev–Trinajstić information content (AvgIpc) is 2.65. The Balaban J connectivity index is 2.17. The number of benzene rings is 1. The van der Waals surface area contributed by atoms with E-state index in [-0.39, 0.29) is 11.2 Å². The monoisotopic (exact) mass is 434 g/mol. The predicted molar refractivity (Wildman–Crippen MR) is 110 cm³/mol. The van der Waals surface area contributed by atoms with Gasteiger partial charge in [0.05, 0.1) is 12.3 Å². The standard InChI is InChI=1S/C19H20BrFN4O2/c1-3-25-18-11(4-5-17(24-18)23-6-7-27-2)8-13(19(25)26)12-9-16(22)15(21)10-14(12)20/h4-5,8-10H,3,6-7,22H2,1-2H3,(H,23,24). The van der Waals surface area contributed by atoms with Crippen LogP contribution in [0, 0.1) is 5.82 Å². The van der Waals surface area contributed by atoms with Crippen molar-refractivity contribution in [2.45, 2.75) is 13.5 Å². The highest BCUT2D eigenvalue weighted by Crippen LogP contribution is 2.31. The van der Waals surface area contributed by atoms with Crippen molar-refractivity contribution in [2.75, 3.05) is 31.3 Å². The van der Waals surface area contributed by atoms with Crippen molar-refractivity contribution in [1.29, 1.82) is 0 Å². The Hall–Kier alpha value is -2.45. The highest BCUT2D eigenvalue weighted by molar-refractivity contribution is 9.10. The lowest BCUT2D eigenvalue weighted by Gasteiger charge is -2.14. The summed E-state index contributed by atoms with van der Waals surface area (Å²) in [6, 6.07) is 8.24. The first-order valence-corrected chi connectivity index (χ1v) is 9.27. The molecule has 0 aliphatic carbocycles. The van der Waals surface area contributed by atoms with Crippen LogP contribution in [-0.2, 0) is 11.3 Å². The van der Waals surface area contributed by atoms with E-state index in [9.17, 15) is 9.18 Å². The second-order valence-corrected chi connectivity index (χ2v) is 6.84. The Morgan fingerprint density at radius 2 is 2.07 bits per heavy atom. The second-order valence-electron chi connectivity index (χ2n) is 5.99. The molecular formula is C19H20BrFN4O2. The van der Waals surface area contributed by atoms with Crippen LogP contribution in [0.3, 0.4) is 0 Å². The maximum atomic E-state index is 13.7. The highest BCUT2D eigenvalue weighted by Gasteiger charge is 2.16. The molecule has 2 heterocycles. The van der Waals surface area contributed by atoms with Crippen molar-refractivity contribution in [2.24, 2.45) is 0 Å². The van der Waals surface area contributed by atoms with Gasteiger partial charge in [-0.25, -0.2) is 9.37 Å². The van der Waals surface area contributed by atoms with Crippen molar-refractivity contribution < 1.29 is 9.13 Å². The van der Waals surface area contributed by atoms with Crippen LogP contribution in [0.25, 0.3) is 22.2 Å². The molecule has 8 heteroatoms. The minimum absolute atomic E-state index is 0.00781. The van der Waals surface area contributed by atoms with Gasteiger partial charge in [-0.05, 0) is 37.3 Å². The summed E-state index contributed by atoms with van der Waals surface area (Å²) in [7, 11) is 1.63. The van der Waals surface area contributed by atoms with Crippen molar-refractivity contribution >= 4 is 38.5 Å². The van der Waals surface area contributed by atoms with Crippen molar-refractivity contribution in [1.82, 2.24) is 9.55 Å². The number of pyridine rings is 2. The number of aromatic nitrogens is 2. The zero-order valence-electron chi connectivity index (χ0n) is 15.1. The van der Waals surface area contributed by atoms with Crippen molar-refractivity contribution in [3.05, 3.63) is 51.0 Å². The largest absolute Gasteiger partial charge is 0.396 e. The lowest BCUT2D eigenvalue weighted by molar-refractivity contribution is 0.210. The number of anilines is 2. The molecular weight excluding hydrogens is 415 g/mol. The molecule has 0 aliphatic heterocycles. The van der Waals surface area contributed by atoms with Crippen LogP contribution in [0.15, 0.2) is 39.6 Å². The van der Waals surface area contributed by atoms with E-state index in [1.807, 2.05) is 19.1 Å². The zero-order valence-corrected chi connectivity index (χ0v) is 16.6. The first-order valence-electron chi connectivity index (χ1n) is 8.48. The number of nitrogens with two attached hydrogens (primary N) is 1. The van der Waals surface area contributed by atoms with Crippen molar-refractivity contribution in [3.63, 3.8) is 0 Å². The van der Waals surface area contributed by atoms with Gasteiger partial charge in [0.1, 0.15) is 17.3 Å². The fraction of sp³-hybridized carbons (Fsp3) is 0.263. The van der Waals surface area contributed by atoms with Gasteiger partial charge in [0.2, 0.25) is 0 Å². The highest BCUT2D eigenvalue weighted by atomic mass is 79.9. The number of rotatable bonds is 6. The van der Waals surface area contributed by atoms with Gasteiger partial charge in [-0.15, -0.1) is 0 Å². The minimum atomic E-state index is -0.532. The van der Waals surface area contributed by atoms with E-state index in [2.05, 4.69) is 26.2 Å². The number of ether oxygens (including phenoxy) is 1. The summed E-state index contributed by atoms with van der Waals surface area (Å²) in [5, 5.41) is 3.96. The van der Waals surface area contributed by atoms with Crippen LogP contribution in [0.4, 0.5) is 15.9 Å². The molecule has 27 heavy (non-hydrogen) atoms. The van der Waals surface area contributed by atoms with E-state index in [1.54, 1.807) is 17.7 Å². The Morgan fingerprint density at radius 1 is 1.30 bits per heavy atom. The zero-order chi connectivity index (χ0) is 19.6. The molecule has 0 saturated heterocycles. The molecule has 3 aromatic rings. The normalized spacial score (nSPS) is 11.1. The molecule has 0 fully saturated rings. The third-order valence-electron chi connectivity index (χ3n) is 4.24. The molecule has 1 aromatic carbocycles. The molecule has 0 bridgehead atoms. The van der Waals surface area contributed by atoms with E-state index in [0.717, 1.165) is 5.39 Å². The predicted octanol–water partition coefficient (Wildman–Crippen LogP) is 3.63. The Labute approximate surface area is 164 Å². The summed E-state index contributed by atoms with van der Waals surface area (Å²) in [5.74, 6) is 0.136. The van der Waals surface area contributed by atoms with Crippen LogP contribution in [-0.4, -0.2) is 29.8 Å². The maximum absolute atomic E-state index is 13.7. The third kappa shape index (κ3) is 3.81. The molecule has 0 radical (unpaired) electrons. The number of nitrogens with one attached hydrogen (secondary N) is 1. The van der Waals surface area contributed by atoms with Crippen LogP contribution in [0.2, 0.25) is 0 Å². The van der Waals surface area contributed by atoms with Crippen LogP contribution in [0.5, 0.6) is 0 Å². The Morgan fingerprint density at radius 3 is 2.78 bits per heavy atom. The summed E-state index contributed by atoms with van der Waals surface area (Å²) in [4.78, 5) is 17.6. The number of aryl methyl sites for hydroxylation is 1. The minimum Gasteiger partial charge on any atom is -0.396 e. The van der Waals surface area contributed by atoms with Gasteiger partial charge in [0.25, 0.3) is 5.56 Å². The first-order chi connectivity index (χ1) is 13.0. The van der Waals surface area contributed by atoms with Crippen LogP contribution in [0.1, 0.15) is 6.92 Å². The van der Waals surface area contributed by atoms with Gasteiger partial charge < -0.3 is 15.8 Å². The number of hydrogen-bond acceptors (Lipinski definition) is 5. The van der Waals surface area contributed by atoms with E-state index >= 15 is 0 Å². The lowest BCUT2D eigenvalue weighted by atomic mass is 10.0. The molecule has 0 amide bonds. The number of halogens is 2. The molecule has 0 spiro atoms. The number of hydrogen-bond donors (Lipinski definition) is 2. The van der Waals surface area contributed by atoms with Gasteiger partial charge in [-0.2, -0.15) is 0 Å². The third-order valence-corrected chi connectivity index (χ3v) is 4.90. The van der Waals surface area contributed by atoms with Crippen molar-refractivity contribution in [3.8, 4) is 11.1 Å². The maximum Gasteiger partial charge on any atom is 0.260 e. The summed E-state index contributed by atoms with van der Waals surface area (Å²) in [6.07, 6.45) is 0. The van der Waals surface area contributed by atoms with E-state index in [4.69, 9.17) is 10.5 Å². The molecule has 6 nitrogen and oxygen atoms in total. The number of fused-ring (bicyclic) bond motifs is 1. The number of methoxy groups -OCH3 is 1. The summed E-state index contributed by atoms with van der Waals surface area (Å²) < 4.78 is 20.8. The molecule has 0 aliphatic rings. The molecule has 0 unspecified atom stereocenters. The SMILES string of the molecule is CCn1c(=O)c(-c2cc(N)c(F)cc2Br)cc2ccc(NCCOC)nc21. The Bertz CT molecular complexity index is 1050. The quantitative estimate of drug-likeness (QED) is 0.457. The average molecular weight is 435 g/mol. The van der Waals surface area contributed by atoms with Gasteiger partial charge in [0, 0.05) is 41.2 Å². The Kier molecular flexibility index (Phi) is 5.76. The fourth-order valence-corrected chi connectivity index (χ4v) is 3.41. The molecule has 0 atom stereocenters. The van der Waals surface area contributed by atoms with Gasteiger partial charge in [-0.1, -0.05) is 15.9 Å². The molecule has 0 saturated carbocycles. The number of nitrogen functional groups attached to an aromatic ring is 1. The van der Waals surface area contributed by atoms with E-state index < -0.39 is 5.82 Å². The van der Waals surface area contributed by atoms with E-state index in [1.165, 1.54) is 12.1 Å². The first kappa shape index (κ1) is 19.3. The smallest absolute Gasteiger partial charge is 0.260 e. The van der Waals surface area contributed by atoms with Gasteiger partial charge in [0.15, 0.2) is 0 Å². The fourth-order valence-electron chi connectivity index (χ4n) is 2.88. The van der Waals surface area contributed by atoms with E-state index in [0.29, 0.717) is 46.8 Å². The second kappa shape index (κ2) is 8.06. The topological polar surface area (TPSA) is 82.2 Å². The van der Waals surface area contributed by atoms with Crippen LogP contribution >= 0.6 is 15.9 Å². The van der Waals surface area contributed by atoms with Crippen LogP contribution < -0.4 is 16.6 Å². The molecule has 142 valence electrons. The van der Waals surface area contributed by atoms with Gasteiger partial charge >= 0.3 is 0 Å². The molecule has 3 rings (SSSR count). The summed E-state index contributed by atoms with van der Waals surface area (Å²) in [5.41, 5.74) is 7.05.